The van der Waals surface area contributed by atoms with Crippen LogP contribution in [0, 0.1) is 6.92 Å². The van der Waals surface area contributed by atoms with Crippen LogP contribution in [0.25, 0.3) is 22.0 Å². The molecular weight excluding hydrogens is 477 g/mol. The zero-order valence-electron chi connectivity index (χ0n) is 19.7. The van der Waals surface area contributed by atoms with Gasteiger partial charge in [-0.2, -0.15) is 18.3 Å². The van der Waals surface area contributed by atoms with Crippen molar-refractivity contribution in [1.82, 2.24) is 15.0 Å². The lowest BCUT2D eigenvalue weighted by Gasteiger charge is -2.10. The number of halogens is 3. The van der Waals surface area contributed by atoms with Gasteiger partial charge < -0.3 is 5.32 Å². The average Bonchev–Trinajstić information content (AvgIpc) is 2.90. The molecule has 0 aliphatic heterocycles. The van der Waals surface area contributed by atoms with E-state index in [-0.39, 0.29) is 12.5 Å². The molecule has 2 heterocycles. The molecule has 5 rings (SSSR count). The van der Waals surface area contributed by atoms with Crippen LogP contribution in [0.5, 0.6) is 0 Å². The molecule has 0 unspecified atom stereocenters. The molecule has 6 nitrogen and oxygen atoms in total. The number of fused-ring (bicyclic) bond motifs is 1. The first kappa shape index (κ1) is 24.1. The van der Waals surface area contributed by atoms with Crippen molar-refractivity contribution in [3.05, 3.63) is 108 Å². The van der Waals surface area contributed by atoms with Crippen LogP contribution < -0.4 is 5.32 Å². The van der Waals surface area contributed by atoms with E-state index in [2.05, 4.69) is 30.5 Å². The molecule has 0 bridgehead atoms. The van der Waals surface area contributed by atoms with E-state index in [1.807, 2.05) is 55.5 Å². The first-order valence-corrected chi connectivity index (χ1v) is 11.5. The monoisotopic (exact) mass is 498 g/mol. The van der Waals surface area contributed by atoms with Gasteiger partial charge in [0, 0.05) is 11.1 Å². The quantitative estimate of drug-likeness (QED) is 0.240. The molecule has 0 radical (unpaired) electrons. The summed E-state index contributed by atoms with van der Waals surface area (Å²) in [7, 11) is 0. The maximum atomic E-state index is 12.9. The van der Waals surface area contributed by atoms with Gasteiger partial charge in [0.05, 0.1) is 34.4 Å². The number of azo groups is 1. The molecule has 0 spiro atoms. The van der Waals surface area contributed by atoms with Crippen molar-refractivity contribution >= 4 is 28.2 Å². The summed E-state index contributed by atoms with van der Waals surface area (Å²) in [5.74, 6) is 0.262. The Morgan fingerprint density at radius 3 is 2.41 bits per heavy atom. The Bertz CT molecular complexity index is 1570. The topological polar surface area (TPSA) is 75.4 Å². The number of alkyl halides is 3. The van der Waals surface area contributed by atoms with Crippen molar-refractivity contribution in [2.45, 2.75) is 19.6 Å². The van der Waals surface area contributed by atoms with Gasteiger partial charge in [0.25, 0.3) is 5.95 Å². The smallest absolute Gasteiger partial charge is 0.354 e. The van der Waals surface area contributed by atoms with Crippen molar-refractivity contribution in [2.75, 3.05) is 5.32 Å². The molecule has 1 N–H and O–H groups in total. The number of hydrogen-bond donors (Lipinski definition) is 1. The van der Waals surface area contributed by atoms with Gasteiger partial charge in [0.1, 0.15) is 6.54 Å². The molecule has 0 saturated carbocycles. The predicted molar refractivity (Wildman–Crippen MR) is 137 cm³/mol. The molecule has 9 heteroatoms. The maximum absolute atomic E-state index is 12.9. The minimum absolute atomic E-state index is 0.203. The Labute approximate surface area is 211 Å². The van der Waals surface area contributed by atoms with Crippen LogP contribution in [-0.2, 0) is 12.7 Å². The van der Waals surface area contributed by atoms with Crippen molar-refractivity contribution in [3.8, 4) is 11.1 Å². The summed E-state index contributed by atoms with van der Waals surface area (Å²) in [6, 6.07) is 24.6. The summed E-state index contributed by atoms with van der Waals surface area (Å²) in [6.07, 6.45) is -2.87. The first-order chi connectivity index (χ1) is 17.8. The number of aromatic nitrogens is 3. The molecule has 0 aliphatic carbocycles. The lowest BCUT2D eigenvalue weighted by molar-refractivity contribution is -0.137. The highest BCUT2D eigenvalue weighted by Gasteiger charge is 2.30. The van der Waals surface area contributed by atoms with Crippen LogP contribution in [0.15, 0.2) is 101 Å². The zero-order chi connectivity index (χ0) is 25.8. The summed E-state index contributed by atoms with van der Waals surface area (Å²) >= 11 is 0. The van der Waals surface area contributed by atoms with Crippen LogP contribution in [0.3, 0.4) is 0 Å². The summed E-state index contributed by atoms with van der Waals surface area (Å²) in [6.45, 7) is 2.11. The molecule has 184 valence electrons. The highest BCUT2D eigenvalue weighted by molar-refractivity contribution is 5.86. The maximum Gasteiger partial charge on any atom is 0.416 e. The largest absolute Gasteiger partial charge is 0.416 e. The molecule has 0 atom stereocenters. The normalized spacial score (nSPS) is 11.8. The predicted octanol–water partition coefficient (Wildman–Crippen LogP) is 8.05. The second-order valence-electron chi connectivity index (χ2n) is 8.35. The van der Waals surface area contributed by atoms with Crippen molar-refractivity contribution in [2.24, 2.45) is 10.2 Å². The van der Waals surface area contributed by atoms with E-state index >= 15 is 0 Å². The van der Waals surface area contributed by atoms with Crippen molar-refractivity contribution < 1.29 is 13.2 Å². The Balaban J connectivity index is 1.27. The molecule has 0 fully saturated rings. The van der Waals surface area contributed by atoms with Gasteiger partial charge in [-0.1, -0.05) is 48.5 Å². The minimum Gasteiger partial charge on any atom is -0.354 e. The van der Waals surface area contributed by atoms with Gasteiger partial charge >= 0.3 is 6.18 Å². The number of nitrogens with one attached hydrogen (secondary N) is 1. The van der Waals surface area contributed by atoms with Crippen LogP contribution in [0.2, 0.25) is 0 Å². The molecular formula is C28H21F3N6. The van der Waals surface area contributed by atoms with E-state index < -0.39 is 11.7 Å². The van der Waals surface area contributed by atoms with Gasteiger partial charge in [-0.05, 0) is 54.4 Å². The molecule has 2 aromatic heterocycles. The van der Waals surface area contributed by atoms with E-state index in [9.17, 15) is 13.2 Å². The first-order valence-electron chi connectivity index (χ1n) is 11.5. The average molecular weight is 499 g/mol. The van der Waals surface area contributed by atoms with Crippen LogP contribution in [0.4, 0.5) is 30.5 Å². The summed E-state index contributed by atoms with van der Waals surface area (Å²) in [5.41, 5.74) is 4.55. The standard InChI is InChI=1S/C28H21F3N6/c1-18-25-13-10-20(19-6-3-2-4-7-19)14-26(25)36-27(34-18)37-33-17-23-11-12-24(16-32-23)35-22-9-5-8-21(15-22)28(29,30)31/h2-16,35H,17H2,1H3. The molecule has 0 amide bonds. The third-order valence-corrected chi connectivity index (χ3v) is 5.68. The van der Waals surface area contributed by atoms with E-state index in [0.717, 1.165) is 39.9 Å². The molecule has 5 aromatic rings. The highest BCUT2D eigenvalue weighted by atomic mass is 19.4. The van der Waals surface area contributed by atoms with Gasteiger partial charge in [-0.15, -0.1) is 5.11 Å². The minimum atomic E-state index is -4.40. The highest BCUT2D eigenvalue weighted by Crippen LogP contribution is 2.31. The Kier molecular flexibility index (Phi) is 6.59. The number of anilines is 2. The number of rotatable bonds is 6. The molecule has 0 aliphatic rings. The van der Waals surface area contributed by atoms with Gasteiger partial charge in [0.2, 0.25) is 0 Å². The van der Waals surface area contributed by atoms with Gasteiger partial charge in [0.15, 0.2) is 0 Å². The lowest BCUT2D eigenvalue weighted by Crippen LogP contribution is -2.05. The second-order valence-corrected chi connectivity index (χ2v) is 8.35. The lowest BCUT2D eigenvalue weighted by atomic mass is 10.0. The molecule has 3 aromatic carbocycles. The van der Waals surface area contributed by atoms with Crippen LogP contribution in [-0.4, -0.2) is 15.0 Å². The van der Waals surface area contributed by atoms with Crippen LogP contribution in [0.1, 0.15) is 17.0 Å². The number of hydrogen-bond acceptors (Lipinski definition) is 6. The molecule has 37 heavy (non-hydrogen) atoms. The summed E-state index contributed by atoms with van der Waals surface area (Å²) in [5, 5.41) is 12.2. The summed E-state index contributed by atoms with van der Waals surface area (Å²) in [4.78, 5) is 13.3. The fourth-order valence-electron chi connectivity index (χ4n) is 3.83. The van der Waals surface area contributed by atoms with E-state index in [4.69, 9.17) is 0 Å². The molecule has 0 saturated heterocycles. The van der Waals surface area contributed by atoms with Gasteiger partial charge in [-0.3, -0.25) is 4.98 Å². The SMILES string of the molecule is Cc1nc(N=NCc2ccc(Nc3cccc(C(F)(F)F)c3)cn2)nc2cc(-c3ccccc3)ccc12. The number of aryl methyl sites for hydroxylation is 1. The zero-order valence-corrected chi connectivity index (χ0v) is 19.7. The van der Waals surface area contributed by atoms with Crippen molar-refractivity contribution in [3.63, 3.8) is 0 Å². The van der Waals surface area contributed by atoms with Crippen LogP contribution >= 0.6 is 0 Å². The van der Waals surface area contributed by atoms with E-state index in [1.165, 1.54) is 12.3 Å². The van der Waals surface area contributed by atoms with Gasteiger partial charge in [-0.25, -0.2) is 9.97 Å². The van der Waals surface area contributed by atoms with E-state index in [0.29, 0.717) is 17.1 Å². The Morgan fingerprint density at radius 2 is 1.65 bits per heavy atom. The Morgan fingerprint density at radius 1 is 0.811 bits per heavy atom. The third-order valence-electron chi connectivity index (χ3n) is 5.68. The fraction of sp³-hybridized carbons (Fsp3) is 0.107. The number of nitrogens with zero attached hydrogens (tertiary/aromatic N) is 5. The second kappa shape index (κ2) is 10.1. The number of benzene rings is 3. The fourth-order valence-corrected chi connectivity index (χ4v) is 3.83. The summed E-state index contributed by atoms with van der Waals surface area (Å²) < 4.78 is 38.8. The van der Waals surface area contributed by atoms with E-state index in [1.54, 1.807) is 18.2 Å². The number of pyridine rings is 1. The third kappa shape index (κ3) is 5.78. The Hall–Kier alpha value is -4.66. The van der Waals surface area contributed by atoms with Crippen molar-refractivity contribution in [1.29, 1.82) is 0 Å².